The van der Waals surface area contributed by atoms with E-state index in [0.29, 0.717) is 0 Å². The van der Waals surface area contributed by atoms with E-state index in [1.807, 2.05) is 0 Å². The van der Waals surface area contributed by atoms with Gasteiger partial charge in [0, 0.05) is 0 Å². The fourth-order valence-electron chi connectivity index (χ4n) is 1.15. The first kappa shape index (κ1) is 21.0. The van der Waals surface area contributed by atoms with Gasteiger partial charge in [-0.15, -0.1) is 0 Å². The summed E-state index contributed by atoms with van der Waals surface area (Å²) in [5, 5.41) is 21.1. The third kappa shape index (κ3) is 6.76. The van der Waals surface area contributed by atoms with Crippen molar-refractivity contribution < 1.29 is 78.9 Å². The summed E-state index contributed by atoms with van der Waals surface area (Å²) >= 11 is 0. The summed E-state index contributed by atoms with van der Waals surface area (Å²) in [6.07, 6.45) is 0.129. The number of carboxylic acids is 2. The minimum Gasteiger partial charge on any atom is -0.545 e. The van der Waals surface area contributed by atoms with Crippen LogP contribution in [0.5, 0.6) is 0 Å². The molecule has 0 saturated carbocycles. The summed E-state index contributed by atoms with van der Waals surface area (Å²) < 4.78 is 0. The molecule has 0 atom stereocenters. The summed E-state index contributed by atoms with van der Waals surface area (Å²) in [6.45, 7) is 4.77. The van der Waals surface area contributed by atoms with E-state index in [0.717, 1.165) is 0 Å². The van der Waals surface area contributed by atoms with Crippen LogP contribution in [0.25, 0.3) is 0 Å². The Kier molecular flexibility index (Phi) is 13.8. The zero-order chi connectivity index (χ0) is 10.6. The van der Waals surface area contributed by atoms with Crippen molar-refractivity contribution in [3.8, 4) is 0 Å². The summed E-state index contributed by atoms with van der Waals surface area (Å²) in [5.74, 6) is -3.25. The van der Waals surface area contributed by atoms with E-state index in [1.165, 1.54) is 0 Å². The molecule has 0 amide bonds. The average Bonchev–Trinajstić information content (AvgIpc) is 1.97. The number of hydrogen-bond donors (Lipinski definition) is 0. The van der Waals surface area contributed by atoms with Crippen LogP contribution in [-0.4, -0.2) is 11.9 Å². The van der Waals surface area contributed by atoms with Crippen LogP contribution in [0.1, 0.15) is 27.2 Å². The first-order valence-electron chi connectivity index (χ1n) is 4.07. The van der Waals surface area contributed by atoms with Crippen molar-refractivity contribution in [1.29, 1.82) is 0 Å². The Labute approximate surface area is 134 Å². The molecule has 15 heavy (non-hydrogen) atoms. The second-order valence-corrected chi connectivity index (χ2v) is 2.98. The van der Waals surface area contributed by atoms with Crippen LogP contribution in [0, 0.1) is 5.92 Å². The third-order valence-electron chi connectivity index (χ3n) is 1.72. The van der Waals surface area contributed by atoms with Gasteiger partial charge in [0.05, 0.1) is 11.9 Å². The molecule has 0 aromatic rings. The van der Waals surface area contributed by atoms with Gasteiger partial charge in [-0.2, -0.15) is 0 Å². The molecule has 0 N–H and O–H groups in total. The van der Waals surface area contributed by atoms with Crippen molar-refractivity contribution in [1.82, 2.24) is 0 Å². The topological polar surface area (TPSA) is 80.3 Å². The quantitative estimate of drug-likeness (QED) is 0.355. The largest absolute Gasteiger partial charge is 1.00 e. The number of carboxylic acid groups (broad SMARTS) is 2. The molecule has 0 aromatic carbocycles. The second kappa shape index (κ2) is 9.87. The van der Waals surface area contributed by atoms with E-state index in [1.54, 1.807) is 20.8 Å². The van der Waals surface area contributed by atoms with Gasteiger partial charge in [-0.3, -0.25) is 0 Å². The molecule has 0 rings (SSSR count). The van der Waals surface area contributed by atoms with Crippen LogP contribution < -0.4 is 69.3 Å². The summed E-state index contributed by atoms with van der Waals surface area (Å²) in [5.41, 5.74) is -0.363. The predicted molar refractivity (Wildman–Crippen MR) is 42.2 cm³/mol. The minimum absolute atomic E-state index is 0. The molecule has 0 saturated heterocycles. The molecule has 4 nitrogen and oxygen atoms in total. The smallest absolute Gasteiger partial charge is 0.545 e. The van der Waals surface area contributed by atoms with Gasteiger partial charge in [-0.25, -0.2) is 0 Å². The van der Waals surface area contributed by atoms with E-state index in [9.17, 15) is 19.8 Å². The summed E-state index contributed by atoms with van der Waals surface area (Å²) in [6, 6.07) is 0. The number of carbonyl (C=O) groups excluding carboxylic acids is 2. The van der Waals surface area contributed by atoms with Gasteiger partial charge in [0.2, 0.25) is 0 Å². The normalized spacial score (nSPS) is 10.9. The SMILES string of the molecule is CCC(C(=O)[O-])=C(C(=O)[O-])C(C)C.[Na+].[Na+]. The maximum absolute atomic E-state index is 10.6. The molecule has 0 unspecified atom stereocenters. The van der Waals surface area contributed by atoms with Crippen LogP contribution in [0.2, 0.25) is 0 Å². The molecular weight excluding hydrogens is 218 g/mol. The number of hydrogen-bond acceptors (Lipinski definition) is 4. The van der Waals surface area contributed by atoms with Gasteiger partial charge < -0.3 is 19.8 Å². The van der Waals surface area contributed by atoms with Gasteiger partial charge >= 0.3 is 59.1 Å². The monoisotopic (exact) mass is 230 g/mol. The van der Waals surface area contributed by atoms with E-state index in [4.69, 9.17) is 0 Å². The zero-order valence-electron chi connectivity index (χ0n) is 9.92. The molecule has 0 bridgehead atoms. The van der Waals surface area contributed by atoms with Crippen molar-refractivity contribution >= 4 is 11.9 Å². The molecule has 0 heterocycles. The second-order valence-electron chi connectivity index (χ2n) is 2.98. The maximum atomic E-state index is 10.6. The van der Waals surface area contributed by atoms with E-state index >= 15 is 0 Å². The average molecular weight is 230 g/mol. The van der Waals surface area contributed by atoms with E-state index < -0.39 is 11.9 Å². The van der Waals surface area contributed by atoms with Gasteiger partial charge in [-0.05, 0) is 23.5 Å². The van der Waals surface area contributed by atoms with Crippen molar-refractivity contribution in [3.63, 3.8) is 0 Å². The van der Waals surface area contributed by atoms with Crippen molar-refractivity contribution in [3.05, 3.63) is 11.1 Å². The van der Waals surface area contributed by atoms with Crippen LogP contribution in [0.3, 0.4) is 0 Å². The Hall–Kier alpha value is 0.680. The molecule has 0 aromatic heterocycles. The molecule has 0 aliphatic heterocycles. The number of aliphatic carboxylic acids is 2. The van der Waals surface area contributed by atoms with Gasteiger partial charge in [0.25, 0.3) is 0 Å². The Bertz CT molecular complexity index is 259. The van der Waals surface area contributed by atoms with Gasteiger partial charge in [0.1, 0.15) is 0 Å². The zero-order valence-corrected chi connectivity index (χ0v) is 13.9. The van der Waals surface area contributed by atoms with E-state index in [2.05, 4.69) is 0 Å². The Balaban J connectivity index is -0.000000720. The molecule has 6 heteroatoms. The Morgan fingerprint density at radius 3 is 1.53 bits per heavy atom. The molecule has 0 spiro atoms. The van der Waals surface area contributed by atoms with Crippen LogP contribution >= 0.6 is 0 Å². The fraction of sp³-hybridized carbons (Fsp3) is 0.556. The molecular formula is C9H12Na2O4. The summed E-state index contributed by atoms with van der Waals surface area (Å²) in [7, 11) is 0. The Morgan fingerprint density at radius 2 is 1.47 bits per heavy atom. The number of rotatable bonds is 4. The van der Waals surface area contributed by atoms with Gasteiger partial charge in [0.15, 0.2) is 0 Å². The number of carbonyl (C=O) groups is 2. The summed E-state index contributed by atoms with van der Waals surface area (Å²) in [4.78, 5) is 21.1. The first-order valence-corrected chi connectivity index (χ1v) is 4.07. The molecule has 0 radical (unpaired) electrons. The Morgan fingerprint density at radius 1 is 1.07 bits per heavy atom. The first-order chi connectivity index (χ1) is 5.91. The molecule has 0 fully saturated rings. The van der Waals surface area contributed by atoms with Crippen molar-refractivity contribution in [2.75, 3.05) is 0 Å². The predicted octanol–water partition coefficient (Wildman–Crippen LogP) is -7.14. The standard InChI is InChI=1S/C9H14O4.2Na/c1-4-6(8(10)11)7(5(2)3)9(12)13;;/h5H,4H2,1-3H3,(H,10,11)(H,12,13);;/q;2*+1/p-2. The molecule has 74 valence electrons. The van der Waals surface area contributed by atoms with E-state index in [-0.39, 0.29) is 82.6 Å². The third-order valence-corrected chi connectivity index (χ3v) is 1.72. The maximum Gasteiger partial charge on any atom is 1.00 e. The minimum atomic E-state index is -1.43. The molecule has 0 aliphatic rings. The van der Waals surface area contributed by atoms with Crippen molar-refractivity contribution in [2.45, 2.75) is 27.2 Å². The van der Waals surface area contributed by atoms with Crippen LogP contribution in [-0.2, 0) is 9.59 Å². The van der Waals surface area contributed by atoms with Gasteiger partial charge in [-0.1, -0.05) is 20.8 Å². The van der Waals surface area contributed by atoms with Crippen LogP contribution in [0.15, 0.2) is 11.1 Å². The van der Waals surface area contributed by atoms with Crippen molar-refractivity contribution in [2.24, 2.45) is 5.92 Å². The fourth-order valence-corrected chi connectivity index (χ4v) is 1.15. The molecule has 0 aliphatic carbocycles. The van der Waals surface area contributed by atoms with Crippen LogP contribution in [0.4, 0.5) is 0 Å².